The maximum atomic E-state index is 12.1. The van der Waals surface area contributed by atoms with Crippen LogP contribution in [0.25, 0.3) is 0 Å². The molecule has 9 heteroatoms. The first-order chi connectivity index (χ1) is 8.41. The van der Waals surface area contributed by atoms with E-state index in [0.717, 1.165) is 15.6 Å². The quantitative estimate of drug-likeness (QED) is 0.857. The third kappa shape index (κ3) is 2.22. The molecule has 0 aliphatic heterocycles. The summed E-state index contributed by atoms with van der Waals surface area (Å²) in [7, 11) is -2.38. The molecule has 0 unspecified atom stereocenters. The fourth-order valence-corrected chi connectivity index (χ4v) is 3.38. The minimum absolute atomic E-state index is 0.0599. The molecule has 0 bridgehead atoms. The lowest BCUT2D eigenvalue weighted by Gasteiger charge is -2.17. The van der Waals surface area contributed by atoms with E-state index in [4.69, 9.17) is 10.8 Å². The van der Waals surface area contributed by atoms with Crippen LogP contribution in [0.3, 0.4) is 0 Å². The number of nitrogen functional groups attached to an aromatic ring is 1. The van der Waals surface area contributed by atoms with Crippen molar-refractivity contribution >= 4 is 32.2 Å². The predicted octanol–water partition coefficient (Wildman–Crippen LogP) is 0.651. The second-order valence-electron chi connectivity index (χ2n) is 3.40. The molecule has 3 N–H and O–H groups in total. The first kappa shape index (κ1) is 12.6. The van der Waals surface area contributed by atoms with E-state index >= 15 is 0 Å². The van der Waals surface area contributed by atoms with Crippen molar-refractivity contribution in [2.75, 3.05) is 17.1 Å². The number of aromatic hydroxyl groups is 1. The molecule has 0 atom stereocenters. The lowest BCUT2D eigenvalue weighted by atomic mass is 10.3. The third-order valence-electron chi connectivity index (χ3n) is 2.22. The molecule has 0 saturated carbocycles. The predicted molar refractivity (Wildman–Crippen MR) is 68.0 cm³/mol. The number of phenolic OH excluding ortho intramolecular Hbond substituents is 1. The van der Waals surface area contributed by atoms with Gasteiger partial charge in [0.05, 0.1) is 5.69 Å². The molecule has 0 saturated heterocycles. The van der Waals surface area contributed by atoms with Crippen molar-refractivity contribution in [3.63, 3.8) is 0 Å². The molecule has 0 radical (unpaired) electrons. The summed E-state index contributed by atoms with van der Waals surface area (Å²) < 4.78 is 25.2. The zero-order valence-electron chi connectivity index (χ0n) is 9.31. The second-order valence-corrected chi connectivity index (χ2v) is 6.55. The maximum absolute atomic E-state index is 12.1. The highest BCUT2D eigenvalue weighted by molar-refractivity contribution is 7.94. The van der Waals surface area contributed by atoms with Crippen molar-refractivity contribution in [3.05, 3.63) is 24.3 Å². The fraction of sp³-hybridized carbons (Fsp3) is 0.111. The van der Waals surface area contributed by atoms with Gasteiger partial charge in [-0.2, -0.15) is 8.42 Å². The van der Waals surface area contributed by atoms with Crippen LogP contribution in [-0.4, -0.2) is 30.8 Å². The highest BCUT2D eigenvalue weighted by Gasteiger charge is 2.25. The molecule has 18 heavy (non-hydrogen) atoms. The number of hydrogen-bond acceptors (Lipinski definition) is 7. The topological polar surface area (TPSA) is 109 Å². The number of phenols is 1. The standard InChI is InChI=1S/C9H10N4O3S2/c1-13(6-2-4-7(14)5-3-6)18(15,16)9-12-11-8(10)17-9/h2-5,14H,1H3,(H2,10,11). The van der Waals surface area contributed by atoms with E-state index in [1.807, 2.05) is 0 Å². The zero-order valence-corrected chi connectivity index (χ0v) is 10.9. The molecule has 1 heterocycles. The number of hydrogen-bond donors (Lipinski definition) is 2. The monoisotopic (exact) mass is 286 g/mol. The molecule has 1 aromatic carbocycles. The summed E-state index contributed by atoms with van der Waals surface area (Å²) >= 11 is 0.797. The van der Waals surface area contributed by atoms with Crippen molar-refractivity contribution in [2.45, 2.75) is 4.34 Å². The van der Waals surface area contributed by atoms with Gasteiger partial charge in [-0.1, -0.05) is 11.3 Å². The minimum atomic E-state index is -3.77. The van der Waals surface area contributed by atoms with Gasteiger partial charge in [-0.3, -0.25) is 4.31 Å². The van der Waals surface area contributed by atoms with E-state index < -0.39 is 10.0 Å². The molecular weight excluding hydrogens is 276 g/mol. The van der Waals surface area contributed by atoms with Gasteiger partial charge in [0.1, 0.15) is 5.75 Å². The Balaban J connectivity index is 2.39. The van der Waals surface area contributed by atoms with Gasteiger partial charge in [-0.25, -0.2) is 0 Å². The van der Waals surface area contributed by atoms with Crippen molar-refractivity contribution < 1.29 is 13.5 Å². The van der Waals surface area contributed by atoms with Crippen molar-refractivity contribution in [2.24, 2.45) is 0 Å². The van der Waals surface area contributed by atoms with Crippen molar-refractivity contribution in [3.8, 4) is 5.75 Å². The summed E-state index contributed by atoms with van der Waals surface area (Å²) in [6.07, 6.45) is 0. The van der Waals surface area contributed by atoms with Crippen LogP contribution in [0, 0.1) is 0 Å². The van der Waals surface area contributed by atoms with E-state index in [-0.39, 0.29) is 15.2 Å². The molecule has 96 valence electrons. The summed E-state index contributed by atoms with van der Waals surface area (Å²) in [6, 6.07) is 5.76. The van der Waals surface area contributed by atoms with E-state index in [0.29, 0.717) is 5.69 Å². The highest BCUT2D eigenvalue weighted by Crippen LogP contribution is 2.26. The minimum Gasteiger partial charge on any atom is -0.508 e. The van der Waals surface area contributed by atoms with Crippen LogP contribution in [0.4, 0.5) is 10.8 Å². The summed E-state index contributed by atoms with van der Waals surface area (Å²) in [5, 5.41) is 16.2. The first-order valence-electron chi connectivity index (χ1n) is 4.78. The lowest BCUT2D eigenvalue weighted by molar-refractivity contribution is 0.475. The number of sulfonamides is 1. The maximum Gasteiger partial charge on any atom is 0.293 e. The average molecular weight is 286 g/mol. The Morgan fingerprint density at radius 2 is 1.89 bits per heavy atom. The molecule has 0 spiro atoms. The Hall–Kier alpha value is -1.87. The second kappa shape index (κ2) is 4.42. The smallest absolute Gasteiger partial charge is 0.293 e. The van der Waals surface area contributed by atoms with E-state index in [9.17, 15) is 8.42 Å². The lowest BCUT2D eigenvalue weighted by Crippen LogP contribution is -2.26. The van der Waals surface area contributed by atoms with E-state index in [1.54, 1.807) is 0 Å². The van der Waals surface area contributed by atoms with Gasteiger partial charge >= 0.3 is 0 Å². The largest absolute Gasteiger partial charge is 0.508 e. The number of anilines is 2. The summed E-state index contributed by atoms with van der Waals surface area (Å²) in [4.78, 5) is 0. The highest BCUT2D eigenvalue weighted by atomic mass is 32.2. The van der Waals surface area contributed by atoms with Gasteiger partial charge in [-0.05, 0) is 24.3 Å². The molecule has 0 aliphatic carbocycles. The first-order valence-corrected chi connectivity index (χ1v) is 7.04. The molecule has 0 aliphatic rings. The van der Waals surface area contributed by atoms with Crippen LogP contribution in [-0.2, 0) is 10.0 Å². The van der Waals surface area contributed by atoms with Crippen LogP contribution in [0.2, 0.25) is 0 Å². The number of benzene rings is 1. The summed E-state index contributed by atoms with van der Waals surface area (Å²) in [6.45, 7) is 0. The van der Waals surface area contributed by atoms with Gasteiger partial charge in [0.2, 0.25) is 5.13 Å². The average Bonchev–Trinajstić information content (AvgIpc) is 2.76. The number of rotatable bonds is 3. The van der Waals surface area contributed by atoms with E-state index in [2.05, 4.69) is 10.2 Å². The molecular formula is C9H10N4O3S2. The van der Waals surface area contributed by atoms with Gasteiger partial charge in [-0.15, -0.1) is 10.2 Å². The van der Waals surface area contributed by atoms with Crippen molar-refractivity contribution in [1.29, 1.82) is 0 Å². The summed E-state index contributed by atoms with van der Waals surface area (Å²) in [5.41, 5.74) is 5.77. The van der Waals surface area contributed by atoms with Crippen LogP contribution < -0.4 is 10.0 Å². The molecule has 2 aromatic rings. The Kier molecular flexibility index (Phi) is 3.09. The van der Waals surface area contributed by atoms with Gasteiger partial charge in [0.15, 0.2) is 0 Å². The molecule has 1 aromatic heterocycles. The van der Waals surface area contributed by atoms with Gasteiger partial charge < -0.3 is 10.8 Å². The SMILES string of the molecule is CN(c1ccc(O)cc1)S(=O)(=O)c1nnc(N)s1. The Bertz CT molecular complexity index is 651. The number of nitrogens with zero attached hydrogens (tertiary/aromatic N) is 3. The normalized spacial score (nSPS) is 11.4. The Morgan fingerprint density at radius 1 is 1.28 bits per heavy atom. The van der Waals surface area contributed by atoms with Gasteiger partial charge in [0, 0.05) is 7.05 Å². The molecule has 0 amide bonds. The van der Waals surface area contributed by atoms with E-state index in [1.165, 1.54) is 31.3 Å². The van der Waals surface area contributed by atoms with Crippen molar-refractivity contribution in [1.82, 2.24) is 10.2 Å². The summed E-state index contributed by atoms with van der Waals surface area (Å²) in [5.74, 6) is 0.0599. The molecule has 2 rings (SSSR count). The van der Waals surface area contributed by atoms with Crippen LogP contribution in [0.15, 0.2) is 28.6 Å². The number of aromatic nitrogens is 2. The zero-order chi connectivity index (χ0) is 13.3. The molecule has 7 nitrogen and oxygen atoms in total. The number of nitrogens with two attached hydrogens (primary N) is 1. The third-order valence-corrected chi connectivity index (χ3v) is 5.10. The van der Waals surface area contributed by atoms with Crippen LogP contribution in [0.1, 0.15) is 0 Å². The Morgan fingerprint density at radius 3 is 2.39 bits per heavy atom. The van der Waals surface area contributed by atoms with Crippen LogP contribution in [0.5, 0.6) is 5.75 Å². The van der Waals surface area contributed by atoms with Crippen LogP contribution >= 0.6 is 11.3 Å². The molecule has 0 fully saturated rings. The fourth-order valence-electron chi connectivity index (χ4n) is 1.24. The Labute approximate surface area is 108 Å². The van der Waals surface area contributed by atoms with Gasteiger partial charge in [0.25, 0.3) is 14.4 Å².